The molecule has 2 aromatic heterocycles. The first-order chi connectivity index (χ1) is 12.2. The van der Waals surface area contributed by atoms with Gasteiger partial charge in [-0.1, -0.05) is 30.3 Å². The summed E-state index contributed by atoms with van der Waals surface area (Å²) in [4.78, 5) is 19.1. The number of aromatic nitrogens is 3. The first-order valence-corrected chi connectivity index (χ1v) is 9.05. The summed E-state index contributed by atoms with van der Waals surface area (Å²) in [6, 6.07) is 12.0. The lowest BCUT2D eigenvalue weighted by molar-refractivity contribution is 0.0700. The largest absolute Gasteiger partial charge is 0.390 e. The van der Waals surface area contributed by atoms with Crippen LogP contribution in [0.15, 0.2) is 41.8 Å². The summed E-state index contributed by atoms with van der Waals surface area (Å²) in [6.07, 6.45) is 0.741. The summed E-state index contributed by atoms with van der Waals surface area (Å²) >= 11 is 1.52. The number of benzene rings is 1. The third-order valence-corrected chi connectivity index (χ3v) is 5.12. The van der Waals surface area contributed by atoms with E-state index in [4.69, 9.17) is 0 Å². The van der Waals surface area contributed by atoms with Crippen LogP contribution in [0.1, 0.15) is 32.4 Å². The number of aliphatic hydroxyl groups excluding tert-OH is 1. The summed E-state index contributed by atoms with van der Waals surface area (Å²) in [5, 5.41) is 16.3. The van der Waals surface area contributed by atoms with Crippen LogP contribution in [0, 0.1) is 0 Å². The second-order valence-corrected chi connectivity index (χ2v) is 6.97. The second kappa shape index (κ2) is 6.78. The Balaban J connectivity index is 1.46. The standard InChI is InChI=1S/C18H18N4O2S/c23-11-14-9-15-10-21(6-7-22(15)20-14)18(24)16-12-25-17(19-16)8-13-4-2-1-3-5-13/h1-5,9,12,23H,6-8,10-11H2. The molecule has 6 nitrogen and oxygen atoms in total. The molecule has 0 aliphatic carbocycles. The molecular formula is C18H18N4O2S. The molecular weight excluding hydrogens is 336 g/mol. The maximum atomic E-state index is 12.7. The smallest absolute Gasteiger partial charge is 0.273 e. The van der Waals surface area contributed by atoms with Crippen LogP contribution in [-0.2, 0) is 26.1 Å². The Morgan fingerprint density at radius 1 is 1.24 bits per heavy atom. The van der Waals surface area contributed by atoms with Gasteiger partial charge >= 0.3 is 0 Å². The van der Waals surface area contributed by atoms with Crippen molar-refractivity contribution in [2.45, 2.75) is 26.1 Å². The van der Waals surface area contributed by atoms with E-state index in [1.54, 1.807) is 4.90 Å². The van der Waals surface area contributed by atoms with Gasteiger partial charge in [-0.25, -0.2) is 4.98 Å². The highest BCUT2D eigenvalue weighted by Crippen LogP contribution is 2.19. The van der Waals surface area contributed by atoms with Crippen LogP contribution in [-0.4, -0.2) is 37.2 Å². The van der Waals surface area contributed by atoms with Crippen LogP contribution in [0.4, 0.5) is 0 Å². The molecule has 7 heteroatoms. The van der Waals surface area contributed by atoms with Crippen LogP contribution in [0.5, 0.6) is 0 Å². The SMILES string of the molecule is O=C(c1csc(Cc2ccccc2)n1)N1CCn2nc(CO)cc2C1. The van der Waals surface area contributed by atoms with Gasteiger partial charge in [-0.3, -0.25) is 9.48 Å². The van der Waals surface area contributed by atoms with E-state index in [0.29, 0.717) is 31.0 Å². The van der Waals surface area contributed by atoms with Gasteiger partial charge in [0.05, 0.1) is 36.1 Å². The maximum absolute atomic E-state index is 12.7. The molecule has 0 fully saturated rings. The zero-order valence-corrected chi connectivity index (χ0v) is 14.4. The molecule has 0 radical (unpaired) electrons. The van der Waals surface area contributed by atoms with Gasteiger partial charge < -0.3 is 10.0 Å². The molecule has 3 heterocycles. The van der Waals surface area contributed by atoms with Crippen LogP contribution in [0.3, 0.4) is 0 Å². The molecule has 1 aliphatic rings. The Morgan fingerprint density at radius 2 is 2.08 bits per heavy atom. The van der Waals surface area contributed by atoms with Crippen molar-refractivity contribution in [2.24, 2.45) is 0 Å². The Hall–Kier alpha value is -2.51. The Kier molecular flexibility index (Phi) is 4.33. The summed E-state index contributed by atoms with van der Waals surface area (Å²) < 4.78 is 1.86. The van der Waals surface area contributed by atoms with Crippen molar-refractivity contribution in [3.63, 3.8) is 0 Å². The number of rotatable bonds is 4. The Labute approximate surface area is 149 Å². The van der Waals surface area contributed by atoms with Gasteiger partial charge in [0.25, 0.3) is 5.91 Å². The number of carbonyl (C=O) groups is 1. The van der Waals surface area contributed by atoms with Crippen molar-refractivity contribution < 1.29 is 9.90 Å². The average Bonchev–Trinajstić information content (AvgIpc) is 3.27. The number of hydrogen-bond acceptors (Lipinski definition) is 5. The zero-order chi connectivity index (χ0) is 17.2. The highest BCUT2D eigenvalue weighted by atomic mass is 32.1. The van der Waals surface area contributed by atoms with Gasteiger partial charge in [0.1, 0.15) is 5.69 Å². The van der Waals surface area contributed by atoms with E-state index in [1.165, 1.54) is 16.9 Å². The van der Waals surface area contributed by atoms with Crippen molar-refractivity contribution in [1.29, 1.82) is 0 Å². The summed E-state index contributed by atoms with van der Waals surface area (Å²) in [6.45, 7) is 1.66. The van der Waals surface area contributed by atoms with Gasteiger partial charge in [-0.05, 0) is 11.6 Å². The zero-order valence-electron chi connectivity index (χ0n) is 13.6. The fraction of sp³-hybridized carbons (Fsp3) is 0.278. The van der Waals surface area contributed by atoms with Crippen molar-refractivity contribution >= 4 is 17.2 Å². The van der Waals surface area contributed by atoms with E-state index in [0.717, 1.165) is 17.1 Å². The van der Waals surface area contributed by atoms with E-state index in [1.807, 2.05) is 34.3 Å². The molecule has 0 unspecified atom stereocenters. The number of hydrogen-bond donors (Lipinski definition) is 1. The predicted octanol–water partition coefficient (Wildman–Crippen LogP) is 2.08. The van der Waals surface area contributed by atoms with Gasteiger partial charge in [0.2, 0.25) is 0 Å². The number of amides is 1. The van der Waals surface area contributed by atoms with E-state index in [-0.39, 0.29) is 12.5 Å². The number of thiazole rings is 1. The van der Waals surface area contributed by atoms with Gasteiger partial charge in [0.15, 0.2) is 0 Å². The first kappa shape index (κ1) is 16.0. The second-order valence-electron chi connectivity index (χ2n) is 6.02. The minimum atomic E-state index is -0.0805. The average molecular weight is 354 g/mol. The van der Waals surface area contributed by atoms with Gasteiger partial charge in [-0.15, -0.1) is 11.3 Å². The van der Waals surface area contributed by atoms with Crippen LogP contribution in [0.2, 0.25) is 0 Å². The normalized spacial score (nSPS) is 13.7. The molecule has 1 aromatic carbocycles. The summed E-state index contributed by atoms with van der Waals surface area (Å²) in [5.41, 5.74) is 3.28. The monoisotopic (exact) mass is 354 g/mol. The minimum absolute atomic E-state index is 0.0476. The van der Waals surface area contributed by atoms with Crippen molar-refractivity contribution in [1.82, 2.24) is 19.7 Å². The molecule has 0 bridgehead atoms. The lowest BCUT2D eigenvalue weighted by Gasteiger charge is -2.27. The minimum Gasteiger partial charge on any atom is -0.390 e. The quantitative estimate of drug-likeness (QED) is 0.779. The molecule has 4 rings (SSSR count). The lowest BCUT2D eigenvalue weighted by Crippen LogP contribution is -2.38. The number of fused-ring (bicyclic) bond motifs is 1. The Morgan fingerprint density at radius 3 is 2.88 bits per heavy atom. The fourth-order valence-electron chi connectivity index (χ4n) is 3.00. The topological polar surface area (TPSA) is 71.2 Å². The molecule has 25 heavy (non-hydrogen) atoms. The predicted molar refractivity (Wildman–Crippen MR) is 94.3 cm³/mol. The third-order valence-electron chi connectivity index (χ3n) is 4.27. The number of carbonyl (C=O) groups excluding carboxylic acids is 1. The van der Waals surface area contributed by atoms with E-state index >= 15 is 0 Å². The highest BCUT2D eigenvalue weighted by Gasteiger charge is 2.24. The van der Waals surface area contributed by atoms with Crippen LogP contribution >= 0.6 is 11.3 Å². The molecule has 0 atom stereocenters. The first-order valence-electron chi connectivity index (χ1n) is 8.17. The molecule has 1 amide bonds. The van der Waals surface area contributed by atoms with Crippen LogP contribution in [0.25, 0.3) is 0 Å². The van der Waals surface area contributed by atoms with E-state index < -0.39 is 0 Å². The van der Waals surface area contributed by atoms with E-state index in [2.05, 4.69) is 22.2 Å². The Bertz CT molecular complexity index is 888. The number of aliphatic hydroxyl groups is 1. The highest BCUT2D eigenvalue weighted by molar-refractivity contribution is 7.09. The molecule has 0 spiro atoms. The molecule has 128 valence electrons. The van der Waals surface area contributed by atoms with Crippen LogP contribution < -0.4 is 0 Å². The number of nitrogens with zero attached hydrogens (tertiary/aromatic N) is 4. The van der Waals surface area contributed by atoms with Gasteiger partial charge in [0, 0.05) is 18.3 Å². The summed E-state index contributed by atoms with van der Waals surface area (Å²) in [7, 11) is 0. The molecule has 1 aliphatic heterocycles. The summed E-state index contributed by atoms with van der Waals surface area (Å²) in [5.74, 6) is -0.0476. The van der Waals surface area contributed by atoms with E-state index in [9.17, 15) is 9.90 Å². The fourth-order valence-corrected chi connectivity index (χ4v) is 3.80. The van der Waals surface area contributed by atoms with Crippen molar-refractivity contribution in [2.75, 3.05) is 6.54 Å². The lowest BCUT2D eigenvalue weighted by atomic mass is 10.2. The van der Waals surface area contributed by atoms with Crippen molar-refractivity contribution in [3.8, 4) is 0 Å². The van der Waals surface area contributed by atoms with Crippen molar-refractivity contribution in [3.05, 3.63) is 69.4 Å². The molecule has 3 aromatic rings. The van der Waals surface area contributed by atoms with Gasteiger partial charge in [-0.2, -0.15) is 5.10 Å². The maximum Gasteiger partial charge on any atom is 0.273 e. The third kappa shape index (κ3) is 3.33. The molecule has 0 saturated carbocycles. The molecule has 1 N–H and O–H groups in total. The molecule has 0 saturated heterocycles.